The molecule has 1 saturated heterocycles. The number of H-pyrrole nitrogens is 1. The number of carbonyl (C=O) groups excluding carboxylic acids is 1. The molecule has 2 heterocycles. The van der Waals surface area contributed by atoms with Crippen LogP contribution in [0.1, 0.15) is 41.7 Å². The van der Waals surface area contributed by atoms with E-state index < -0.39 is 0 Å². The van der Waals surface area contributed by atoms with Crippen molar-refractivity contribution in [3.63, 3.8) is 0 Å². The molecule has 1 fully saturated rings. The Morgan fingerprint density at radius 3 is 2.92 bits per heavy atom. The van der Waals surface area contributed by atoms with E-state index in [0.717, 1.165) is 41.6 Å². The minimum atomic E-state index is 0.0613. The minimum absolute atomic E-state index is 0.0613. The normalized spacial score (nSPS) is 17.2. The fourth-order valence-corrected chi connectivity index (χ4v) is 3.61. The molecular formula is C20H21N3O2. The number of nitrogens with one attached hydrogen (secondary N) is 1. The Labute approximate surface area is 146 Å². The Hall–Kier alpha value is -2.82. The molecule has 1 atom stereocenters. The summed E-state index contributed by atoms with van der Waals surface area (Å²) in [5, 5.41) is 7.98. The van der Waals surface area contributed by atoms with Crippen LogP contribution in [-0.4, -0.2) is 34.2 Å². The van der Waals surface area contributed by atoms with Crippen LogP contribution >= 0.6 is 0 Å². The van der Waals surface area contributed by atoms with Crippen molar-refractivity contribution in [3.05, 3.63) is 59.8 Å². The van der Waals surface area contributed by atoms with E-state index in [1.807, 2.05) is 42.2 Å². The highest BCUT2D eigenvalue weighted by atomic mass is 16.5. The lowest BCUT2D eigenvalue weighted by molar-refractivity contribution is 0.0737. The van der Waals surface area contributed by atoms with Gasteiger partial charge in [0, 0.05) is 11.9 Å². The summed E-state index contributed by atoms with van der Waals surface area (Å²) < 4.78 is 5.51. The van der Waals surface area contributed by atoms with Crippen molar-refractivity contribution in [2.75, 3.05) is 13.2 Å². The van der Waals surface area contributed by atoms with Crippen molar-refractivity contribution < 1.29 is 9.53 Å². The second-order valence-corrected chi connectivity index (χ2v) is 6.30. The topological polar surface area (TPSA) is 58.2 Å². The molecule has 3 aromatic rings. The van der Waals surface area contributed by atoms with E-state index in [2.05, 4.69) is 22.3 Å². The first kappa shape index (κ1) is 15.7. The van der Waals surface area contributed by atoms with E-state index in [0.29, 0.717) is 12.2 Å². The van der Waals surface area contributed by atoms with Crippen LogP contribution in [0, 0.1) is 0 Å². The zero-order chi connectivity index (χ0) is 17.2. The summed E-state index contributed by atoms with van der Waals surface area (Å²) in [5.41, 5.74) is 2.66. The van der Waals surface area contributed by atoms with E-state index >= 15 is 0 Å². The molecule has 25 heavy (non-hydrogen) atoms. The molecule has 0 unspecified atom stereocenters. The second-order valence-electron chi connectivity index (χ2n) is 6.30. The molecule has 5 nitrogen and oxygen atoms in total. The average Bonchev–Trinajstić information content (AvgIpc) is 3.31. The zero-order valence-corrected chi connectivity index (χ0v) is 14.2. The number of hydrogen-bond donors (Lipinski definition) is 1. The zero-order valence-electron chi connectivity index (χ0n) is 14.2. The number of aromatic amines is 1. The van der Waals surface area contributed by atoms with Crippen molar-refractivity contribution in [2.45, 2.75) is 25.8 Å². The van der Waals surface area contributed by atoms with Crippen molar-refractivity contribution in [3.8, 4) is 5.75 Å². The molecule has 128 valence electrons. The van der Waals surface area contributed by atoms with Gasteiger partial charge in [-0.3, -0.25) is 9.89 Å². The molecular weight excluding hydrogens is 314 g/mol. The predicted octanol–water partition coefficient (Wildman–Crippen LogP) is 3.94. The lowest BCUT2D eigenvalue weighted by Gasteiger charge is -2.25. The smallest absolute Gasteiger partial charge is 0.256 e. The van der Waals surface area contributed by atoms with Gasteiger partial charge in [0.1, 0.15) is 5.75 Å². The Balaban J connectivity index is 1.62. The number of rotatable bonds is 4. The molecule has 1 N–H and O–H groups in total. The third-order valence-electron chi connectivity index (χ3n) is 4.80. The predicted molar refractivity (Wildman–Crippen MR) is 96.7 cm³/mol. The summed E-state index contributed by atoms with van der Waals surface area (Å²) in [6.07, 6.45) is 3.75. The minimum Gasteiger partial charge on any atom is -0.494 e. The highest BCUT2D eigenvalue weighted by Gasteiger charge is 2.31. The summed E-state index contributed by atoms with van der Waals surface area (Å²) >= 11 is 0. The molecule has 0 spiro atoms. The van der Waals surface area contributed by atoms with Gasteiger partial charge in [-0.05, 0) is 43.5 Å². The molecule has 2 aromatic carbocycles. The first-order chi connectivity index (χ1) is 12.3. The molecule has 5 heteroatoms. The lowest BCUT2D eigenvalue weighted by atomic mass is 10.0. The monoisotopic (exact) mass is 335 g/mol. The molecule has 1 aromatic heterocycles. The molecule has 0 saturated carbocycles. The van der Waals surface area contributed by atoms with Gasteiger partial charge in [-0.15, -0.1) is 0 Å². The third-order valence-corrected chi connectivity index (χ3v) is 4.80. The average molecular weight is 335 g/mol. The number of benzene rings is 2. The van der Waals surface area contributed by atoms with Crippen LogP contribution in [0.25, 0.3) is 10.9 Å². The van der Waals surface area contributed by atoms with Crippen LogP contribution in [0.15, 0.2) is 48.7 Å². The van der Waals surface area contributed by atoms with E-state index in [-0.39, 0.29) is 11.9 Å². The third kappa shape index (κ3) is 2.86. The van der Waals surface area contributed by atoms with Crippen LogP contribution < -0.4 is 4.74 Å². The summed E-state index contributed by atoms with van der Waals surface area (Å²) in [4.78, 5) is 15.1. The molecule has 4 rings (SSSR count). The molecule has 1 aliphatic heterocycles. The first-order valence-corrected chi connectivity index (χ1v) is 8.73. The maximum Gasteiger partial charge on any atom is 0.256 e. The number of fused-ring (bicyclic) bond motifs is 1. The van der Waals surface area contributed by atoms with Crippen LogP contribution in [0.4, 0.5) is 0 Å². The Morgan fingerprint density at radius 1 is 1.28 bits per heavy atom. The number of hydrogen-bond acceptors (Lipinski definition) is 3. The largest absolute Gasteiger partial charge is 0.494 e. The van der Waals surface area contributed by atoms with Gasteiger partial charge < -0.3 is 9.64 Å². The van der Waals surface area contributed by atoms with Crippen LogP contribution in [0.5, 0.6) is 5.75 Å². The second kappa shape index (κ2) is 6.59. The summed E-state index contributed by atoms with van der Waals surface area (Å²) in [7, 11) is 0. The van der Waals surface area contributed by atoms with Gasteiger partial charge in [0.2, 0.25) is 0 Å². The Kier molecular flexibility index (Phi) is 4.14. The number of nitrogens with zero attached hydrogens (tertiary/aromatic N) is 2. The highest BCUT2D eigenvalue weighted by Crippen LogP contribution is 2.34. The van der Waals surface area contributed by atoms with Gasteiger partial charge in [0.05, 0.1) is 29.9 Å². The van der Waals surface area contributed by atoms with E-state index in [4.69, 9.17) is 4.74 Å². The van der Waals surface area contributed by atoms with E-state index in [1.165, 1.54) is 0 Å². The standard InChI is InChI=1S/C20H21N3O2/c1-2-25-16-10-8-14(9-11-16)18-7-4-12-23(18)20(24)17-6-3-5-15-13-21-22-19(15)17/h3,5-6,8-11,13,18H,2,4,7,12H2,1H3,(H,21,22)/t18-/m0/s1. The van der Waals surface area contributed by atoms with Gasteiger partial charge >= 0.3 is 0 Å². The van der Waals surface area contributed by atoms with Crippen molar-refractivity contribution >= 4 is 16.8 Å². The van der Waals surface area contributed by atoms with Crippen molar-refractivity contribution in [1.82, 2.24) is 15.1 Å². The number of likely N-dealkylation sites (tertiary alicyclic amines) is 1. The van der Waals surface area contributed by atoms with Gasteiger partial charge in [-0.2, -0.15) is 5.10 Å². The molecule has 0 bridgehead atoms. The van der Waals surface area contributed by atoms with Crippen LogP contribution in [-0.2, 0) is 0 Å². The number of amides is 1. The number of carbonyl (C=O) groups is 1. The van der Waals surface area contributed by atoms with Crippen LogP contribution in [0.2, 0.25) is 0 Å². The molecule has 1 amide bonds. The highest BCUT2D eigenvalue weighted by molar-refractivity contribution is 6.05. The van der Waals surface area contributed by atoms with Gasteiger partial charge in [0.15, 0.2) is 0 Å². The summed E-state index contributed by atoms with van der Waals surface area (Å²) in [5.74, 6) is 0.926. The number of aromatic nitrogens is 2. The summed E-state index contributed by atoms with van der Waals surface area (Å²) in [6.45, 7) is 3.41. The maximum absolute atomic E-state index is 13.2. The fraction of sp³-hybridized carbons (Fsp3) is 0.300. The Bertz CT molecular complexity index is 885. The molecule has 0 aliphatic carbocycles. The number of ether oxygens (including phenoxy) is 1. The fourth-order valence-electron chi connectivity index (χ4n) is 3.61. The first-order valence-electron chi connectivity index (χ1n) is 8.73. The van der Waals surface area contributed by atoms with Gasteiger partial charge in [0.25, 0.3) is 5.91 Å². The SMILES string of the molecule is CCOc1ccc([C@@H]2CCCN2C(=O)c2cccc3cn[nH]c23)cc1. The van der Waals surface area contributed by atoms with Crippen LogP contribution in [0.3, 0.4) is 0 Å². The molecule has 1 aliphatic rings. The van der Waals surface area contributed by atoms with E-state index in [9.17, 15) is 4.79 Å². The van der Waals surface area contributed by atoms with Gasteiger partial charge in [-0.1, -0.05) is 24.3 Å². The van der Waals surface area contributed by atoms with Crippen molar-refractivity contribution in [1.29, 1.82) is 0 Å². The lowest BCUT2D eigenvalue weighted by Crippen LogP contribution is -2.30. The number of para-hydroxylation sites is 1. The quantitative estimate of drug-likeness (QED) is 0.786. The van der Waals surface area contributed by atoms with E-state index in [1.54, 1.807) is 6.20 Å². The summed E-state index contributed by atoms with van der Waals surface area (Å²) in [6, 6.07) is 14.0. The Morgan fingerprint density at radius 2 is 2.12 bits per heavy atom. The van der Waals surface area contributed by atoms with Crippen molar-refractivity contribution in [2.24, 2.45) is 0 Å². The van der Waals surface area contributed by atoms with Gasteiger partial charge in [-0.25, -0.2) is 0 Å². The molecule has 0 radical (unpaired) electrons. The maximum atomic E-state index is 13.2.